The van der Waals surface area contributed by atoms with Crippen molar-refractivity contribution < 1.29 is 9.59 Å². The molecular formula is C26H27N5O2. The van der Waals surface area contributed by atoms with Gasteiger partial charge in [0.05, 0.1) is 11.9 Å². The largest absolute Gasteiger partial charge is 0.300 e. The summed E-state index contributed by atoms with van der Waals surface area (Å²) in [5, 5.41) is 7.17. The Kier molecular flexibility index (Phi) is 6.78. The summed E-state index contributed by atoms with van der Waals surface area (Å²) in [6.07, 6.45) is 8.11. The summed E-state index contributed by atoms with van der Waals surface area (Å²) in [5.41, 5.74) is 4.14. The third-order valence-corrected chi connectivity index (χ3v) is 5.46. The molecule has 2 aromatic carbocycles. The molecule has 7 nitrogen and oxygen atoms in total. The molecule has 0 bridgehead atoms. The fourth-order valence-electron chi connectivity index (χ4n) is 3.65. The lowest BCUT2D eigenvalue weighted by Gasteiger charge is -2.09. The summed E-state index contributed by atoms with van der Waals surface area (Å²) < 4.78 is 3.61. The molecular weight excluding hydrogens is 414 g/mol. The first-order valence-corrected chi connectivity index (χ1v) is 11.1. The second-order valence-electron chi connectivity index (χ2n) is 7.94. The average molecular weight is 442 g/mol. The van der Waals surface area contributed by atoms with Gasteiger partial charge in [0.15, 0.2) is 0 Å². The number of imidazole rings is 1. The molecule has 0 aliphatic carbocycles. The molecule has 0 saturated carbocycles. The topological polar surface area (TPSA) is 81.8 Å². The van der Waals surface area contributed by atoms with E-state index < -0.39 is 0 Å². The van der Waals surface area contributed by atoms with Crippen LogP contribution in [-0.4, -0.2) is 31.0 Å². The maximum atomic E-state index is 13.1. The number of anilines is 1. The van der Waals surface area contributed by atoms with Crippen LogP contribution in [0.3, 0.4) is 0 Å². The maximum Gasteiger partial charge on any atom is 0.258 e. The lowest BCUT2D eigenvalue weighted by Crippen LogP contribution is -2.15. The number of Topliss-reactive ketones (excluding diaryl/α,β-unsaturated/α-hetero) is 1. The van der Waals surface area contributed by atoms with Crippen LogP contribution in [0.2, 0.25) is 0 Å². The second-order valence-corrected chi connectivity index (χ2v) is 7.94. The van der Waals surface area contributed by atoms with Crippen molar-refractivity contribution in [1.82, 2.24) is 19.3 Å². The fourth-order valence-corrected chi connectivity index (χ4v) is 3.65. The number of aromatic nitrogens is 4. The zero-order valence-corrected chi connectivity index (χ0v) is 18.9. The van der Waals surface area contributed by atoms with Crippen LogP contribution in [-0.2, 0) is 18.3 Å². The van der Waals surface area contributed by atoms with Crippen molar-refractivity contribution in [3.05, 3.63) is 84.4 Å². The molecule has 1 amide bonds. The van der Waals surface area contributed by atoms with Crippen molar-refractivity contribution in [2.45, 2.75) is 32.6 Å². The number of nitrogens with zero attached hydrogens (tertiary/aromatic N) is 4. The number of benzene rings is 2. The highest BCUT2D eigenvalue weighted by atomic mass is 16.1. The Bertz CT molecular complexity index is 1260. The summed E-state index contributed by atoms with van der Waals surface area (Å²) in [6, 6.07) is 17.2. The fraction of sp³-hybridized carbons (Fsp3) is 0.231. The van der Waals surface area contributed by atoms with Gasteiger partial charge in [-0.15, -0.1) is 0 Å². The lowest BCUT2D eigenvalue weighted by atomic mass is 10.1. The second kappa shape index (κ2) is 10.1. The first-order valence-electron chi connectivity index (χ1n) is 11.1. The van der Waals surface area contributed by atoms with E-state index >= 15 is 0 Å². The van der Waals surface area contributed by atoms with Crippen LogP contribution in [0, 0.1) is 0 Å². The van der Waals surface area contributed by atoms with Gasteiger partial charge < -0.3 is 0 Å². The predicted octanol–water partition coefficient (Wildman–Crippen LogP) is 4.83. The van der Waals surface area contributed by atoms with Crippen molar-refractivity contribution in [1.29, 1.82) is 0 Å². The minimum atomic E-state index is -0.240. The van der Waals surface area contributed by atoms with Gasteiger partial charge in [-0.3, -0.25) is 24.2 Å². The predicted molar refractivity (Wildman–Crippen MR) is 128 cm³/mol. The van der Waals surface area contributed by atoms with Crippen LogP contribution in [0.4, 0.5) is 5.95 Å². The van der Waals surface area contributed by atoms with Crippen LogP contribution >= 0.6 is 0 Å². The number of carbonyl (C=O) groups excluding carboxylic acids is 2. The van der Waals surface area contributed by atoms with E-state index in [1.807, 2.05) is 79.5 Å². The summed E-state index contributed by atoms with van der Waals surface area (Å²) >= 11 is 0. The molecule has 4 aromatic rings. The normalized spacial score (nSPS) is 10.8. The Hall–Kier alpha value is -4.00. The smallest absolute Gasteiger partial charge is 0.258 e. The number of amides is 1. The zero-order valence-electron chi connectivity index (χ0n) is 18.9. The molecule has 0 aliphatic rings. The Balaban J connectivity index is 1.57. The van der Waals surface area contributed by atoms with E-state index in [-0.39, 0.29) is 11.7 Å². The summed E-state index contributed by atoms with van der Waals surface area (Å²) in [4.78, 5) is 29.4. The third kappa shape index (κ3) is 5.44. The Labute approximate surface area is 193 Å². The standard InChI is InChI=1S/C26H27N5O2/c1-3-24(32)14-8-11-22-18-31(23-12-5-4-6-13-23)26(28-22)29-25(33)20-10-7-9-19(15-20)21-16-27-30(2)17-21/h4-7,9-10,12-13,15-18H,3,8,11,14H2,1-2H3,(H,28,29,33). The van der Waals surface area contributed by atoms with Crippen LogP contribution in [0.5, 0.6) is 0 Å². The highest BCUT2D eigenvalue weighted by molar-refractivity contribution is 6.04. The van der Waals surface area contributed by atoms with Crippen molar-refractivity contribution in [2.24, 2.45) is 7.05 Å². The first-order chi connectivity index (χ1) is 16.0. The minimum Gasteiger partial charge on any atom is -0.300 e. The number of hydrogen-bond acceptors (Lipinski definition) is 4. The van der Waals surface area contributed by atoms with Crippen LogP contribution in [0.15, 0.2) is 73.2 Å². The van der Waals surface area contributed by atoms with E-state index in [0.29, 0.717) is 30.8 Å². The molecule has 2 heterocycles. The number of rotatable bonds is 9. The molecule has 0 atom stereocenters. The highest BCUT2D eigenvalue weighted by Crippen LogP contribution is 2.22. The van der Waals surface area contributed by atoms with Crippen LogP contribution < -0.4 is 5.32 Å². The van der Waals surface area contributed by atoms with E-state index in [2.05, 4.69) is 15.4 Å². The molecule has 0 spiro atoms. The molecule has 168 valence electrons. The van der Waals surface area contributed by atoms with E-state index in [1.54, 1.807) is 16.9 Å². The van der Waals surface area contributed by atoms with Gasteiger partial charge in [-0.25, -0.2) is 4.98 Å². The zero-order chi connectivity index (χ0) is 23.2. The van der Waals surface area contributed by atoms with E-state index in [9.17, 15) is 9.59 Å². The van der Waals surface area contributed by atoms with Gasteiger partial charge in [-0.2, -0.15) is 5.10 Å². The molecule has 2 aromatic heterocycles. The SMILES string of the molecule is CCC(=O)CCCc1cn(-c2ccccc2)c(NC(=O)c2cccc(-c3cnn(C)c3)c2)n1. The first kappa shape index (κ1) is 22.2. The number of ketones is 1. The monoisotopic (exact) mass is 441 g/mol. The molecule has 1 N–H and O–H groups in total. The number of aryl methyl sites for hydroxylation is 2. The Morgan fingerprint density at radius 3 is 2.55 bits per heavy atom. The third-order valence-electron chi connectivity index (χ3n) is 5.46. The quantitative estimate of drug-likeness (QED) is 0.403. The molecule has 0 aliphatic heterocycles. The number of nitrogens with one attached hydrogen (secondary N) is 1. The summed E-state index contributed by atoms with van der Waals surface area (Å²) in [5.74, 6) is 0.463. The highest BCUT2D eigenvalue weighted by Gasteiger charge is 2.15. The van der Waals surface area contributed by atoms with E-state index in [0.717, 1.165) is 28.9 Å². The van der Waals surface area contributed by atoms with Crippen molar-refractivity contribution in [2.75, 3.05) is 5.32 Å². The van der Waals surface area contributed by atoms with Gasteiger partial charge in [-0.05, 0) is 42.7 Å². The molecule has 33 heavy (non-hydrogen) atoms. The molecule has 4 rings (SSSR count). The summed E-state index contributed by atoms with van der Waals surface area (Å²) in [6.45, 7) is 1.88. The van der Waals surface area contributed by atoms with Gasteiger partial charge in [-0.1, -0.05) is 37.3 Å². The van der Waals surface area contributed by atoms with Gasteiger partial charge in [0.2, 0.25) is 5.95 Å². The molecule has 0 radical (unpaired) electrons. The molecule has 7 heteroatoms. The number of hydrogen-bond donors (Lipinski definition) is 1. The Morgan fingerprint density at radius 2 is 1.82 bits per heavy atom. The van der Waals surface area contributed by atoms with Gasteiger partial charge in [0.1, 0.15) is 5.78 Å². The van der Waals surface area contributed by atoms with E-state index in [4.69, 9.17) is 0 Å². The molecule has 0 unspecified atom stereocenters. The minimum absolute atomic E-state index is 0.240. The van der Waals surface area contributed by atoms with Crippen LogP contribution in [0.1, 0.15) is 42.2 Å². The van der Waals surface area contributed by atoms with Gasteiger partial charge in [0.25, 0.3) is 5.91 Å². The van der Waals surface area contributed by atoms with Gasteiger partial charge >= 0.3 is 0 Å². The molecule has 0 fully saturated rings. The number of carbonyl (C=O) groups is 2. The maximum absolute atomic E-state index is 13.1. The number of para-hydroxylation sites is 1. The van der Waals surface area contributed by atoms with E-state index in [1.165, 1.54) is 0 Å². The average Bonchev–Trinajstić information content (AvgIpc) is 3.45. The Morgan fingerprint density at radius 1 is 1.00 bits per heavy atom. The van der Waals surface area contributed by atoms with Crippen molar-refractivity contribution in [3.8, 4) is 16.8 Å². The van der Waals surface area contributed by atoms with Gasteiger partial charge in [0, 0.05) is 49.1 Å². The van der Waals surface area contributed by atoms with Crippen LogP contribution in [0.25, 0.3) is 16.8 Å². The molecule has 0 saturated heterocycles. The van der Waals surface area contributed by atoms with Crippen molar-refractivity contribution >= 4 is 17.6 Å². The lowest BCUT2D eigenvalue weighted by molar-refractivity contribution is -0.118. The summed E-state index contributed by atoms with van der Waals surface area (Å²) in [7, 11) is 1.86. The van der Waals surface area contributed by atoms with Crippen molar-refractivity contribution in [3.63, 3.8) is 0 Å².